The van der Waals surface area contributed by atoms with Gasteiger partial charge in [0.2, 0.25) is 0 Å². The number of nitrogens with zero attached hydrogens (tertiary/aromatic N) is 2. The molecule has 3 heteroatoms. The van der Waals surface area contributed by atoms with Gasteiger partial charge < -0.3 is 5.32 Å². The maximum Gasteiger partial charge on any atom is 0.0702 e. The molecule has 3 rings (SSSR count). The van der Waals surface area contributed by atoms with Gasteiger partial charge in [-0.25, -0.2) is 0 Å². The normalized spacial score (nSPS) is 12.4. The molecule has 3 aromatic rings. The predicted octanol–water partition coefficient (Wildman–Crippen LogP) is 3.48. The fourth-order valence-corrected chi connectivity index (χ4v) is 2.28. The molecule has 0 aliphatic heterocycles. The number of rotatable bonds is 4. The van der Waals surface area contributed by atoms with Crippen molar-refractivity contribution >= 4 is 10.9 Å². The van der Waals surface area contributed by atoms with Crippen LogP contribution in [0.4, 0.5) is 0 Å². The van der Waals surface area contributed by atoms with Crippen LogP contribution >= 0.6 is 0 Å². The fourth-order valence-electron chi connectivity index (χ4n) is 2.28. The Morgan fingerprint density at radius 3 is 2.75 bits per heavy atom. The number of pyridine rings is 2. The highest BCUT2D eigenvalue weighted by Gasteiger charge is 2.04. The van der Waals surface area contributed by atoms with E-state index in [9.17, 15) is 0 Å². The van der Waals surface area contributed by atoms with Crippen LogP contribution in [0.1, 0.15) is 24.1 Å². The van der Waals surface area contributed by atoms with Crippen molar-refractivity contribution in [1.29, 1.82) is 0 Å². The number of fused-ring (bicyclic) bond motifs is 1. The Bertz CT molecular complexity index is 695. The summed E-state index contributed by atoms with van der Waals surface area (Å²) in [7, 11) is 0. The van der Waals surface area contributed by atoms with Gasteiger partial charge in [0.15, 0.2) is 0 Å². The van der Waals surface area contributed by atoms with E-state index in [1.165, 1.54) is 16.5 Å². The topological polar surface area (TPSA) is 37.8 Å². The minimum absolute atomic E-state index is 0.308. The molecule has 0 spiro atoms. The lowest BCUT2D eigenvalue weighted by Gasteiger charge is -2.14. The smallest absolute Gasteiger partial charge is 0.0702 e. The van der Waals surface area contributed by atoms with E-state index < -0.39 is 0 Å². The number of aromatic nitrogens is 2. The largest absolute Gasteiger partial charge is 0.306 e. The first-order valence-electron chi connectivity index (χ1n) is 6.80. The van der Waals surface area contributed by atoms with E-state index in [0.29, 0.717) is 6.04 Å². The summed E-state index contributed by atoms with van der Waals surface area (Å²) in [5.41, 5.74) is 3.56. The van der Waals surface area contributed by atoms with Crippen molar-refractivity contribution in [1.82, 2.24) is 15.3 Å². The molecule has 0 radical (unpaired) electrons. The van der Waals surface area contributed by atoms with Gasteiger partial charge in [0.25, 0.3) is 0 Å². The minimum atomic E-state index is 0.308. The summed E-state index contributed by atoms with van der Waals surface area (Å²) in [6, 6.07) is 14.9. The molecule has 1 N–H and O–H groups in total. The zero-order valence-electron chi connectivity index (χ0n) is 11.5. The summed E-state index contributed by atoms with van der Waals surface area (Å²) in [6.45, 7) is 3.01. The maximum absolute atomic E-state index is 4.34. The van der Waals surface area contributed by atoms with Crippen molar-refractivity contribution in [3.05, 3.63) is 72.2 Å². The molecule has 0 aliphatic rings. The molecule has 0 unspecified atom stereocenters. The van der Waals surface area contributed by atoms with Gasteiger partial charge in [0.1, 0.15) is 0 Å². The number of nitrogens with one attached hydrogen (secondary N) is 1. The summed E-state index contributed by atoms with van der Waals surface area (Å²) in [4.78, 5) is 8.38. The standard InChI is InChI=1S/C17H17N3/c1-13(15-6-9-18-10-7-15)20-12-14-4-5-17-16(11-14)3-2-8-19-17/h2-11,13,20H,12H2,1H3/t13-/m0/s1. The van der Waals surface area contributed by atoms with Gasteiger partial charge >= 0.3 is 0 Å². The van der Waals surface area contributed by atoms with Crippen LogP contribution in [0, 0.1) is 0 Å². The molecule has 100 valence electrons. The lowest BCUT2D eigenvalue weighted by atomic mass is 10.1. The van der Waals surface area contributed by atoms with Gasteiger partial charge in [-0.15, -0.1) is 0 Å². The summed E-state index contributed by atoms with van der Waals surface area (Å²) in [5, 5.41) is 4.72. The summed E-state index contributed by atoms with van der Waals surface area (Å²) in [5.74, 6) is 0. The van der Waals surface area contributed by atoms with E-state index in [4.69, 9.17) is 0 Å². The average molecular weight is 263 g/mol. The van der Waals surface area contributed by atoms with Gasteiger partial charge in [-0.3, -0.25) is 9.97 Å². The Labute approximate surface area is 118 Å². The van der Waals surface area contributed by atoms with Gasteiger partial charge in [0.05, 0.1) is 5.52 Å². The van der Waals surface area contributed by atoms with Crippen molar-refractivity contribution in [2.45, 2.75) is 19.5 Å². The Balaban J connectivity index is 1.70. The third-order valence-electron chi connectivity index (χ3n) is 3.49. The van der Waals surface area contributed by atoms with Gasteiger partial charge in [-0.05, 0) is 48.4 Å². The van der Waals surface area contributed by atoms with Crippen LogP contribution in [0.5, 0.6) is 0 Å². The van der Waals surface area contributed by atoms with Crippen LogP contribution in [0.25, 0.3) is 10.9 Å². The third kappa shape index (κ3) is 2.83. The van der Waals surface area contributed by atoms with E-state index in [-0.39, 0.29) is 0 Å². The third-order valence-corrected chi connectivity index (χ3v) is 3.49. The van der Waals surface area contributed by atoms with Crippen molar-refractivity contribution in [3.8, 4) is 0 Å². The molecule has 0 saturated carbocycles. The Morgan fingerprint density at radius 1 is 1.05 bits per heavy atom. The number of hydrogen-bond acceptors (Lipinski definition) is 3. The van der Waals surface area contributed by atoms with E-state index in [1.807, 2.05) is 36.8 Å². The highest BCUT2D eigenvalue weighted by Crippen LogP contribution is 2.15. The maximum atomic E-state index is 4.34. The molecule has 20 heavy (non-hydrogen) atoms. The van der Waals surface area contributed by atoms with Gasteiger partial charge in [-0.1, -0.05) is 12.1 Å². The number of hydrogen-bond donors (Lipinski definition) is 1. The van der Waals surface area contributed by atoms with Crippen LogP contribution in [0.2, 0.25) is 0 Å². The van der Waals surface area contributed by atoms with Crippen LogP contribution in [-0.2, 0) is 6.54 Å². The molecule has 0 bridgehead atoms. The van der Waals surface area contributed by atoms with Crippen molar-refractivity contribution in [2.24, 2.45) is 0 Å². The summed E-state index contributed by atoms with van der Waals surface area (Å²) < 4.78 is 0. The van der Waals surface area contributed by atoms with Gasteiger partial charge in [-0.2, -0.15) is 0 Å². The Morgan fingerprint density at radius 2 is 1.90 bits per heavy atom. The molecule has 1 aromatic carbocycles. The zero-order chi connectivity index (χ0) is 13.8. The van der Waals surface area contributed by atoms with Crippen LogP contribution in [-0.4, -0.2) is 9.97 Å². The van der Waals surface area contributed by atoms with E-state index in [2.05, 4.69) is 46.5 Å². The monoisotopic (exact) mass is 263 g/mol. The van der Waals surface area contributed by atoms with Crippen molar-refractivity contribution < 1.29 is 0 Å². The first-order chi connectivity index (χ1) is 9.83. The van der Waals surface area contributed by atoms with Crippen molar-refractivity contribution in [3.63, 3.8) is 0 Å². The first-order valence-corrected chi connectivity index (χ1v) is 6.80. The SMILES string of the molecule is C[C@H](NCc1ccc2ncccc2c1)c1ccncc1. The minimum Gasteiger partial charge on any atom is -0.306 e. The Hall–Kier alpha value is -2.26. The van der Waals surface area contributed by atoms with E-state index in [0.717, 1.165) is 12.1 Å². The first kappa shape index (κ1) is 12.8. The summed E-state index contributed by atoms with van der Waals surface area (Å²) >= 11 is 0. The number of benzene rings is 1. The van der Waals surface area contributed by atoms with E-state index >= 15 is 0 Å². The lowest BCUT2D eigenvalue weighted by molar-refractivity contribution is 0.574. The lowest BCUT2D eigenvalue weighted by Crippen LogP contribution is -2.18. The average Bonchev–Trinajstić information content (AvgIpc) is 2.53. The second kappa shape index (κ2) is 5.80. The quantitative estimate of drug-likeness (QED) is 0.783. The highest BCUT2D eigenvalue weighted by atomic mass is 14.9. The van der Waals surface area contributed by atoms with Crippen LogP contribution in [0.15, 0.2) is 61.1 Å². The molecular weight excluding hydrogens is 246 g/mol. The molecule has 3 nitrogen and oxygen atoms in total. The van der Waals surface area contributed by atoms with Gasteiger partial charge in [0, 0.05) is 36.6 Å². The fraction of sp³-hybridized carbons (Fsp3) is 0.176. The molecule has 0 amide bonds. The molecule has 2 aromatic heterocycles. The van der Waals surface area contributed by atoms with E-state index in [1.54, 1.807) is 0 Å². The second-order valence-electron chi connectivity index (χ2n) is 4.91. The van der Waals surface area contributed by atoms with Crippen LogP contribution in [0.3, 0.4) is 0 Å². The predicted molar refractivity (Wildman–Crippen MR) is 81.2 cm³/mol. The Kier molecular flexibility index (Phi) is 3.70. The van der Waals surface area contributed by atoms with Crippen LogP contribution < -0.4 is 5.32 Å². The zero-order valence-corrected chi connectivity index (χ0v) is 11.5. The van der Waals surface area contributed by atoms with Crippen molar-refractivity contribution in [2.75, 3.05) is 0 Å². The second-order valence-corrected chi connectivity index (χ2v) is 4.91. The molecule has 0 fully saturated rings. The molecule has 0 aliphatic carbocycles. The molecule has 2 heterocycles. The molecule has 1 atom stereocenters. The highest BCUT2D eigenvalue weighted by molar-refractivity contribution is 5.78. The molecule has 0 saturated heterocycles. The summed E-state index contributed by atoms with van der Waals surface area (Å²) in [6.07, 6.45) is 5.48. The molecular formula is C17H17N3.